The zero-order valence-electron chi connectivity index (χ0n) is 13.7. The molecule has 1 unspecified atom stereocenters. The predicted octanol–water partition coefficient (Wildman–Crippen LogP) is 3.34. The van der Waals surface area contributed by atoms with E-state index in [1.165, 1.54) is 15.0 Å². The van der Waals surface area contributed by atoms with Crippen molar-refractivity contribution in [2.75, 3.05) is 18.0 Å². The second kappa shape index (κ2) is 6.55. The van der Waals surface area contributed by atoms with Gasteiger partial charge in [-0.3, -0.25) is 0 Å². The minimum absolute atomic E-state index is 0.268. The van der Waals surface area contributed by atoms with Crippen molar-refractivity contribution in [3.63, 3.8) is 0 Å². The number of rotatable bonds is 5. The average Bonchev–Trinajstić information content (AvgIpc) is 3.24. The first kappa shape index (κ1) is 15.6. The molecule has 6 heteroatoms. The smallest absolute Gasteiger partial charge is 0.328 e. The van der Waals surface area contributed by atoms with Gasteiger partial charge in [0.05, 0.1) is 17.6 Å². The molecule has 1 fully saturated rings. The maximum Gasteiger partial charge on any atom is 0.328 e. The molecule has 4 rings (SSSR count). The molecule has 5 nitrogen and oxygen atoms in total. The van der Waals surface area contributed by atoms with Gasteiger partial charge in [0, 0.05) is 6.54 Å². The molecule has 1 N–H and O–H groups in total. The summed E-state index contributed by atoms with van der Waals surface area (Å²) >= 11 is 0. The van der Waals surface area contributed by atoms with Crippen molar-refractivity contribution in [2.24, 2.45) is 0 Å². The van der Waals surface area contributed by atoms with Crippen molar-refractivity contribution in [2.45, 2.75) is 19.1 Å². The molecule has 1 amide bonds. The minimum Gasteiger partial charge on any atom is -0.337 e. The number of halogens is 1. The number of nitrogens with one attached hydrogen (secondary N) is 1. The van der Waals surface area contributed by atoms with E-state index >= 15 is 0 Å². The molecule has 1 atom stereocenters. The summed E-state index contributed by atoms with van der Waals surface area (Å²) in [6, 6.07) is 17.2. The van der Waals surface area contributed by atoms with E-state index in [1.807, 2.05) is 42.5 Å². The SMILES string of the molecule is O=C(NCCCc1ccccc1)n1c(N2CC2F)nc2ccccc21. The van der Waals surface area contributed by atoms with Gasteiger partial charge >= 0.3 is 6.03 Å². The van der Waals surface area contributed by atoms with Crippen LogP contribution in [0.3, 0.4) is 0 Å². The number of fused-ring (bicyclic) bond motifs is 1. The Labute approximate surface area is 145 Å². The lowest BCUT2D eigenvalue weighted by molar-refractivity contribution is 0.243. The summed E-state index contributed by atoms with van der Waals surface area (Å²) in [5, 5.41) is 2.92. The fourth-order valence-electron chi connectivity index (χ4n) is 2.94. The Morgan fingerprint density at radius 1 is 1.16 bits per heavy atom. The van der Waals surface area contributed by atoms with E-state index in [2.05, 4.69) is 22.4 Å². The lowest BCUT2D eigenvalue weighted by atomic mass is 10.1. The summed E-state index contributed by atoms with van der Waals surface area (Å²) in [4.78, 5) is 18.5. The van der Waals surface area contributed by atoms with Gasteiger partial charge in [-0.05, 0) is 30.5 Å². The van der Waals surface area contributed by atoms with Crippen LogP contribution in [-0.2, 0) is 6.42 Å². The summed E-state index contributed by atoms with van der Waals surface area (Å²) in [5.41, 5.74) is 2.63. The Hall–Kier alpha value is -2.89. The number of anilines is 1. The molecule has 0 aliphatic carbocycles. The number of nitrogens with zero attached hydrogens (tertiary/aromatic N) is 3. The van der Waals surface area contributed by atoms with Gasteiger partial charge in [-0.25, -0.2) is 18.7 Å². The zero-order chi connectivity index (χ0) is 17.2. The van der Waals surface area contributed by atoms with Crippen molar-refractivity contribution in [3.05, 3.63) is 60.2 Å². The zero-order valence-corrected chi connectivity index (χ0v) is 13.7. The first-order valence-corrected chi connectivity index (χ1v) is 8.44. The highest BCUT2D eigenvalue weighted by molar-refractivity contribution is 5.93. The normalized spacial score (nSPS) is 16.2. The molecule has 3 aromatic rings. The number of hydrogen-bond acceptors (Lipinski definition) is 3. The van der Waals surface area contributed by atoms with Crippen LogP contribution in [0, 0.1) is 0 Å². The second-order valence-corrected chi connectivity index (χ2v) is 6.14. The van der Waals surface area contributed by atoms with Crippen molar-refractivity contribution in [3.8, 4) is 0 Å². The Morgan fingerprint density at radius 2 is 1.88 bits per heavy atom. The van der Waals surface area contributed by atoms with Gasteiger partial charge < -0.3 is 10.2 Å². The number of benzene rings is 2. The molecule has 0 bridgehead atoms. The number of para-hydroxylation sites is 2. The average molecular weight is 338 g/mol. The maximum atomic E-state index is 13.5. The van der Waals surface area contributed by atoms with Crippen LogP contribution < -0.4 is 10.2 Å². The molecule has 25 heavy (non-hydrogen) atoms. The summed E-state index contributed by atoms with van der Waals surface area (Å²) in [6.45, 7) is 0.837. The predicted molar refractivity (Wildman–Crippen MR) is 95.5 cm³/mol. The Balaban J connectivity index is 1.46. The molecule has 1 saturated heterocycles. The summed E-state index contributed by atoms with van der Waals surface area (Å²) in [5.74, 6) is 0.370. The number of imidazole rings is 1. The van der Waals surface area contributed by atoms with Gasteiger partial charge in [0.15, 0.2) is 6.30 Å². The fourth-order valence-corrected chi connectivity index (χ4v) is 2.94. The molecule has 1 aromatic heterocycles. The monoisotopic (exact) mass is 338 g/mol. The molecule has 2 heterocycles. The van der Waals surface area contributed by atoms with E-state index in [9.17, 15) is 9.18 Å². The number of carbonyl (C=O) groups is 1. The summed E-state index contributed by atoms with van der Waals surface area (Å²) in [6.07, 6.45) is 0.686. The van der Waals surface area contributed by atoms with Crippen LogP contribution in [0.15, 0.2) is 54.6 Å². The van der Waals surface area contributed by atoms with Crippen LogP contribution in [0.2, 0.25) is 0 Å². The van der Waals surface area contributed by atoms with Gasteiger partial charge in [0.2, 0.25) is 5.95 Å². The van der Waals surface area contributed by atoms with Gasteiger partial charge in [-0.15, -0.1) is 0 Å². The molecular formula is C19H19FN4O. The van der Waals surface area contributed by atoms with Crippen LogP contribution >= 0.6 is 0 Å². The number of aromatic nitrogens is 2. The first-order valence-electron chi connectivity index (χ1n) is 8.44. The molecule has 1 aliphatic heterocycles. The van der Waals surface area contributed by atoms with Crippen molar-refractivity contribution >= 4 is 23.0 Å². The lowest BCUT2D eigenvalue weighted by Crippen LogP contribution is -2.30. The van der Waals surface area contributed by atoms with Crippen LogP contribution in [0.4, 0.5) is 15.1 Å². The van der Waals surface area contributed by atoms with E-state index in [4.69, 9.17) is 0 Å². The molecule has 0 spiro atoms. The third kappa shape index (κ3) is 3.20. The van der Waals surface area contributed by atoms with E-state index in [0.29, 0.717) is 23.5 Å². The Kier molecular flexibility index (Phi) is 4.09. The molecule has 1 aliphatic rings. The Morgan fingerprint density at radius 3 is 2.64 bits per heavy atom. The van der Waals surface area contributed by atoms with Crippen LogP contribution in [0.1, 0.15) is 12.0 Å². The van der Waals surface area contributed by atoms with Gasteiger partial charge in [-0.2, -0.15) is 0 Å². The van der Waals surface area contributed by atoms with Gasteiger partial charge in [0.1, 0.15) is 0 Å². The number of hydrogen-bond donors (Lipinski definition) is 1. The Bertz CT molecular complexity index is 893. The molecule has 2 aromatic carbocycles. The number of alkyl halides is 1. The van der Waals surface area contributed by atoms with E-state index < -0.39 is 6.30 Å². The first-order chi connectivity index (χ1) is 12.2. The highest BCUT2D eigenvalue weighted by Gasteiger charge is 2.39. The van der Waals surface area contributed by atoms with Crippen LogP contribution in [0.25, 0.3) is 11.0 Å². The molecular weight excluding hydrogens is 319 g/mol. The molecule has 0 radical (unpaired) electrons. The number of aryl methyl sites for hydroxylation is 1. The fraction of sp³-hybridized carbons (Fsp3) is 0.263. The van der Waals surface area contributed by atoms with Crippen molar-refractivity contribution in [1.29, 1.82) is 0 Å². The summed E-state index contributed by atoms with van der Waals surface area (Å²) in [7, 11) is 0. The van der Waals surface area contributed by atoms with Gasteiger partial charge in [-0.1, -0.05) is 42.5 Å². The van der Waals surface area contributed by atoms with Gasteiger partial charge in [0.25, 0.3) is 0 Å². The van der Waals surface area contributed by atoms with E-state index in [-0.39, 0.29) is 12.6 Å². The second-order valence-electron chi connectivity index (χ2n) is 6.14. The quantitative estimate of drug-likeness (QED) is 0.441. The standard InChI is InChI=1S/C19H19FN4O/c20-17-13-23(17)18-22-15-10-4-5-11-16(15)24(18)19(25)21-12-6-9-14-7-2-1-3-8-14/h1-5,7-8,10-11,17H,6,9,12-13H2,(H,21,25). The highest BCUT2D eigenvalue weighted by atomic mass is 19.1. The molecule has 0 saturated carbocycles. The highest BCUT2D eigenvalue weighted by Crippen LogP contribution is 2.30. The van der Waals surface area contributed by atoms with Crippen molar-refractivity contribution < 1.29 is 9.18 Å². The maximum absolute atomic E-state index is 13.5. The lowest BCUT2D eigenvalue weighted by Gasteiger charge is -2.10. The minimum atomic E-state index is -1.05. The third-order valence-electron chi connectivity index (χ3n) is 4.32. The van der Waals surface area contributed by atoms with E-state index in [0.717, 1.165) is 12.8 Å². The molecule has 128 valence electrons. The van der Waals surface area contributed by atoms with E-state index in [1.54, 1.807) is 0 Å². The number of carbonyl (C=O) groups excluding carboxylic acids is 1. The third-order valence-corrected chi connectivity index (χ3v) is 4.32. The van der Waals surface area contributed by atoms with Crippen LogP contribution in [0.5, 0.6) is 0 Å². The summed E-state index contributed by atoms with van der Waals surface area (Å²) < 4.78 is 14.9. The van der Waals surface area contributed by atoms with Crippen LogP contribution in [-0.4, -0.2) is 35.0 Å². The number of amides is 1. The largest absolute Gasteiger partial charge is 0.337 e. The topological polar surface area (TPSA) is 49.9 Å². The van der Waals surface area contributed by atoms with Crippen molar-refractivity contribution in [1.82, 2.24) is 14.9 Å².